The molecule has 0 heterocycles. The highest BCUT2D eigenvalue weighted by Gasteiger charge is 2.09. The fraction of sp³-hybridized carbons (Fsp3) is 0. The van der Waals surface area contributed by atoms with Gasteiger partial charge in [-0.3, -0.25) is 0 Å². The first-order chi connectivity index (χ1) is 4.74. The largest absolute Gasteiger partial charge is 1.00 e. The molecule has 0 saturated heterocycles. The second-order valence-corrected chi connectivity index (χ2v) is 3.47. The minimum atomic E-state index is 0. The average Bonchev–Trinajstić information content (AvgIpc) is 1.94. The molecule has 11 heavy (non-hydrogen) atoms. The van der Waals surface area contributed by atoms with Crippen LogP contribution in [0.2, 0.25) is 0 Å². The maximum Gasteiger partial charge on any atom is 0.400 e. The molecule has 0 radical (unpaired) electrons. The molecule has 0 spiro atoms. The Kier molecular flexibility index (Phi) is 4.66. The lowest BCUT2D eigenvalue weighted by atomic mass is 10.3. The van der Waals surface area contributed by atoms with Gasteiger partial charge in [-0.2, -0.15) is 0 Å². The Bertz CT molecular complexity index is 295. The molecule has 0 N–H and O–H groups in total. The smallest absolute Gasteiger partial charge is 0.400 e. The van der Waals surface area contributed by atoms with Gasteiger partial charge >= 0.3 is 5.69 Å². The Morgan fingerprint density at radius 3 is 2.36 bits per heavy atom. The topological polar surface area (TPSA) is 28.1 Å². The van der Waals surface area contributed by atoms with E-state index in [1.54, 1.807) is 12.1 Å². The van der Waals surface area contributed by atoms with Crippen LogP contribution in [0.3, 0.4) is 0 Å². The third-order valence-electron chi connectivity index (χ3n) is 1.02. The van der Waals surface area contributed by atoms with E-state index in [0.29, 0.717) is 5.69 Å². The molecule has 0 aromatic heterocycles. The molecule has 0 bridgehead atoms. The van der Waals surface area contributed by atoms with Gasteiger partial charge in [-0.05, 0) is 28.1 Å². The lowest BCUT2D eigenvalue weighted by Crippen LogP contribution is -3.00. The van der Waals surface area contributed by atoms with Crippen LogP contribution in [0.25, 0.3) is 4.98 Å². The molecule has 5 heteroatoms. The van der Waals surface area contributed by atoms with Crippen molar-refractivity contribution in [3.63, 3.8) is 0 Å². The van der Waals surface area contributed by atoms with E-state index in [4.69, 9.17) is 5.39 Å². The molecule has 0 unspecified atom stereocenters. The van der Waals surface area contributed by atoms with Crippen molar-refractivity contribution < 1.29 is 12.4 Å². The SMILES string of the molecule is N#[N+]c1cc(Br)ccc1Br.[Cl-]. The predicted octanol–water partition coefficient (Wildman–Crippen LogP) is 0.700. The van der Waals surface area contributed by atoms with Crippen molar-refractivity contribution in [1.29, 1.82) is 5.39 Å². The molecule has 2 nitrogen and oxygen atoms in total. The van der Waals surface area contributed by atoms with Crippen LogP contribution in [-0.4, -0.2) is 0 Å². The molecule has 0 amide bonds. The molecule has 58 valence electrons. The van der Waals surface area contributed by atoms with E-state index in [9.17, 15) is 0 Å². The van der Waals surface area contributed by atoms with Crippen molar-refractivity contribution in [2.24, 2.45) is 0 Å². The van der Waals surface area contributed by atoms with E-state index in [-0.39, 0.29) is 12.4 Å². The fourth-order valence-corrected chi connectivity index (χ4v) is 1.24. The summed E-state index contributed by atoms with van der Waals surface area (Å²) in [6.07, 6.45) is 0. The second kappa shape index (κ2) is 4.70. The molecule has 1 aromatic carbocycles. The van der Waals surface area contributed by atoms with Crippen LogP contribution >= 0.6 is 31.9 Å². The number of benzene rings is 1. The first kappa shape index (κ1) is 10.9. The zero-order valence-corrected chi connectivity index (χ0v) is 9.19. The maximum atomic E-state index is 8.42. The Labute approximate surface area is 87.3 Å². The highest BCUT2D eigenvalue weighted by molar-refractivity contribution is 9.11. The van der Waals surface area contributed by atoms with Crippen molar-refractivity contribution >= 4 is 37.5 Å². The summed E-state index contributed by atoms with van der Waals surface area (Å²) in [6.45, 7) is 0. The summed E-state index contributed by atoms with van der Waals surface area (Å²) in [5, 5.41) is 8.42. The van der Waals surface area contributed by atoms with E-state index in [1.165, 1.54) is 0 Å². The normalized spacial score (nSPS) is 8.09. The van der Waals surface area contributed by atoms with Crippen LogP contribution in [0.4, 0.5) is 5.69 Å². The average molecular weight is 298 g/mol. The standard InChI is InChI=1S/C6H3Br2N2.ClH/c7-4-1-2-5(8)6(3-4)10-9;/h1-3H;1H/q+1;/p-1. The van der Waals surface area contributed by atoms with E-state index >= 15 is 0 Å². The van der Waals surface area contributed by atoms with Crippen LogP contribution in [0.15, 0.2) is 27.1 Å². The highest BCUT2D eigenvalue weighted by Crippen LogP contribution is 2.28. The molecule has 0 saturated carbocycles. The number of diazo groups is 1. The van der Waals surface area contributed by atoms with E-state index in [0.717, 1.165) is 8.95 Å². The quantitative estimate of drug-likeness (QED) is 0.648. The molecule has 1 aromatic rings. The lowest BCUT2D eigenvalue weighted by molar-refractivity contribution is -0.00000200. The second-order valence-electron chi connectivity index (χ2n) is 1.70. The first-order valence-electron chi connectivity index (χ1n) is 2.54. The Balaban J connectivity index is 0.000001000. The van der Waals surface area contributed by atoms with Gasteiger partial charge in [0.25, 0.3) is 0 Å². The molecule has 0 fully saturated rings. The Morgan fingerprint density at radius 1 is 1.27 bits per heavy atom. The predicted molar refractivity (Wildman–Crippen MR) is 46.6 cm³/mol. The van der Waals surface area contributed by atoms with Gasteiger partial charge in [-0.1, -0.05) is 15.9 Å². The van der Waals surface area contributed by atoms with Crippen molar-refractivity contribution in [2.45, 2.75) is 0 Å². The van der Waals surface area contributed by atoms with Gasteiger partial charge in [0.15, 0.2) is 4.98 Å². The van der Waals surface area contributed by atoms with Gasteiger partial charge in [0.2, 0.25) is 5.39 Å². The Morgan fingerprint density at radius 2 is 1.91 bits per heavy atom. The fourth-order valence-electron chi connectivity index (χ4n) is 0.562. The zero-order chi connectivity index (χ0) is 7.56. The van der Waals surface area contributed by atoms with Gasteiger partial charge < -0.3 is 12.4 Å². The summed E-state index contributed by atoms with van der Waals surface area (Å²) in [7, 11) is 0. The van der Waals surface area contributed by atoms with Crippen LogP contribution < -0.4 is 12.4 Å². The van der Waals surface area contributed by atoms with Crippen LogP contribution in [0.5, 0.6) is 0 Å². The molecule has 0 aliphatic heterocycles. The number of hydrogen-bond acceptors (Lipinski definition) is 1. The minimum Gasteiger partial charge on any atom is -1.00 e. The van der Waals surface area contributed by atoms with Gasteiger partial charge in [0, 0.05) is 10.5 Å². The minimum absolute atomic E-state index is 0. The van der Waals surface area contributed by atoms with E-state index < -0.39 is 0 Å². The van der Waals surface area contributed by atoms with Crippen molar-refractivity contribution in [2.75, 3.05) is 0 Å². The first-order valence-corrected chi connectivity index (χ1v) is 4.13. The summed E-state index contributed by atoms with van der Waals surface area (Å²) in [4.78, 5) is 3.05. The summed E-state index contributed by atoms with van der Waals surface area (Å²) in [5.74, 6) is 0. The Hall–Kier alpha value is -0.110. The zero-order valence-electron chi connectivity index (χ0n) is 5.26. The van der Waals surface area contributed by atoms with Gasteiger partial charge in [-0.15, -0.1) is 0 Å². The summed E-state index contributed by atoms with van der Waals surface area (Å²) in [5.41, 5.74) is 0.523. The monoisotopic (exact) mass is 296 g/mol. The van der Waals surface area contributed by atoms with Crippen molar-refractivity contribution in [1.82, 2.24) is 0 Å². The molecular weight excluding hydrogens is 295 g/mol. The van der Waals surface area contributed by atoms with Crippen LogP contribution in [0, 0.1) is 5.39 Å². The lowest BCUT2D eigenvalue weighted by Gasteiger charge is -1.84. The molecule has 0 atom stereocenters. The number of rotatable bonds is 0. The van der Waals surface area contributed by atoms with Crippen molar-refractivity contribution in [3.05, 3.63) is 32.1 Å². The molecule has 1 rings (SSSR count). The number of nitrogens with zero attached hydrogens (tertiary/aromatic N) is 2. The van der Waals surface area contributed by atoms with Crippen molar-refractivity contribution in [3.8, 4) is 0 Å². The number of halogens is 3. The van der Waals surface area contributed by atoms with Crippen LogP contribution in [-0.2, 0) is 0 Å². The molecular formula is C6H3Br2ClN2. The maximum absolute atomic E-state index is 8.42. The van der Waals surface area contributed by atoms with Gasteiger partial charge in [0.05, 0.1) is 0 Å². The highest BCUT2D eigenvalue weighted by atomic mass is 79.9. The summed E-state index contributed by atoms with van der Waals surface area (Å²) in [6, 6.07) is 5.38. The molecule has 0 aliphatic carbocycles. The number of hydrogen-bond donors (Lipinski definition) is 0. The molecule has 0 aliphatic rings. The summed E-state index contributed by atoms with van der Waals surface area (Å²) >= 11 is 6.46. The summed E-state index contributed by atoms with van der Waals surface area (Å²) < 4.78 is 1.67. The third-order valence-corrected chi connectivity index (χ3v) is 2.18. The van der Waals surface area contributed by atoms with Gasteiger partial charge in [0.1, 0.15) is 4.47 Å². The van der Waals surface area contributed by atoms with E-state index in [1.807, 2.05) is 6.07 Å². The van der Waals surface area contributed by atoms with Gasteiger partial charge in [-0.25, -0.2) is 0 Å². The van der Waals surface area contributed by atoms with Crippen LogP contribution in [0.1, 0.15) is 0 Å². The third kappa shape index (κ3) is 2.78. The van der Waals surface area contributed by atoms with E-state index in [2.05, 4.69) is 36.8 Å².